The third kappa shape index (κ3) is 2.52. The first-order valence-electron chi connectivity index (χ1n) is 5.83. The molecule has 0 bridgehead atoms. The molecule has 0 aliphatic carbocycles. The Balaban J connectivity index is 2.11. The zero-order valence-electron chi connectivity index (χ0n) is 10.8. The zero-order chi connectivity index (χ0) is 12.5. The molecule has 0 unspecified atom stereocenters. The van der Waals surface area contributed by atoms with E-state index in [-0.39, 0.29) is 11.2 Å². The third-order valence-electron chi connectivity index (χ3n) is 3.36. The van der Waals surface area contributed by atoms with Crippen LogP contribution in [0.1, 0.15) is 33.3 Å². The highest BCUT2D eigenvalue weighted by Gasteiger charge is 2.48. The van der Waals surface area contributed by atoms with Gasteiger partial charge in [-0.05, 0) is 45.7 Å². The lowest BCUT2D eigenvalue weighted by Gasteiger charge is -2.30. The average Bonchev–Trinajstić information content (AvgIpc) is 2.46. The minimum absolute atomic E-state index is 0.316. The highest BCUT2D eigenvalue weighted by Crippen LogP contribution is 2.37. The van der Waals surface area contributed by atoms with E-state index in [1.807, 2.05) is 58.0 Å². The molecule has 0 N–H and O–H groups in total. The van der Waals surface area contributed by atoms with Gasteiger partial charge in [-0.2, -0.15) is 0 Å². The van der Waals surface area contributed by atoms with Crippen molar-refractivity contribution in [2.45, 2.75) is 45.2 Å². The monoisotopic (exact) mass is 230 g/mol. The molecule has 1 fully saturated rings. The number of hydrogen-bond donors (Lipinski definition) is 0. The SMILES string of the molecule is CC1(C)OC(C#Cc2ccccc2)OC1(C)C. The predicted molar refractivity (Wildman–Crippen MR) is 67.4 cm³/mol. The summed E-state index contributed by atoms with van der Waals surface area (Å²) in [6.45, 7) is 8.10. The van der Waals surface area contributed by atoms with Crippen molar-refractivity contribution >= 4 is 0 Å². The quantitative estimate of drug-likeness (QED) is 0.638. The Bertz CT molecular complexity index is 433. The molecule has 2 heteroatoms. The molecular weight excluding hydrogens is 212 g/mol. The van der Waals surface area contributed by atoms with Crippen LogP contribution in [-0.2, 0) is 9.47 Å². The molecule has 17 heavy (non-hydrogen) atoms. The van der Waals surface area contributed by atoms with Crippen LogP contribution >= 0.6 is 0 Å². The molecule has 2 nitrogen and oxygen atoms in total. The lowest BCUT2D eigenvalue weighted by atomic mass is 9.90. The van der Waals surface area contributed by atoms with Crippen LogP contribution in [0.15, 0.2) is 30.3 Å². The number of hydrogen-bond acceptors (Lipinski definition) is 2. The van der Waals surface area contributed by atoms with Crippen molar-refractivity contribution in [3.8, 4) is 11.8 Å². The van der Waals surface area contributed by atoms with Crippen molar-refractivity contribution in [3.05, 3.63) is 35.9 Å². The Kier molecular flexibility index (Phi) is 2.99. The summed E-state index contributed by atoms with van der Waals surface area (Å²) in [6.07, 6.45) is -0.444. The first-order chi connectivity index (χ1) is 7.91. The Labute approximate surface area is 103 Å². The maximum Gasteiger partial charge on any atom is 0.224 e. The largest absolute Gasteiger partial charge is 0.333 e. The van der Waals surface area contributed by atoms with Crippen LogP contribution in [0.25, 0.3) is 0 Å². The molecule has 0 amide bonds. The molecule has 1 aliphatic rings. The number of rotatable bonds is 0. The molecule has 1 aliphatic heterocycles. The molecule has 2 rings (SSSR count). The van der Waals surface area contributed by atoms with E-state index in [1.54, 1.807) is 0 Å². The van der Waals surface area contributed by atoms with Gasteiger partial charge in [0, 0.05) is 5.56 Å². The molecule has 0 saturated carbocycles. The predicted octanol–water partition coefficient (Wildman–Crippen LogP) is 2.97. The second-order valence-corrected chi connectivity index (χ2v) is 5.22. The zero-order valence-corrected chi connectivity index (χ0v) is 10.8. The molecule has 1 aromatic rings. The molecule has 1 heterocycles. The molecule has 0 aromatic heterocycles. The number of ether oxygens (including phenoxy) is 2. The molecule has 0 radical (unpaired) electrons. The van der Waals surface area contributed by atoms with Gasteiger partial charge in [0.1, 0.15) is 0 Å². The van der Waals surface area contributed by atoms with E-state index in [0.29, 0.717) is 0 Å². The van der Waals surface area contributed by atoms with Gasteiger partial charge in [0.15, 0.2) is 0 Å². The highest BCUT2D eigenvalue weighted by atomic mass is 16.7. The van der Waals surface area contributed by atoms with Crippen LogP contribution in [0.5, 0.6) is 0 Å². The van der Waals surface area contributed by atoms with E-state index in [9.17, 15) is 0 Å². The molecule has 1 saturated heterocycles. The smallest absolute Gasteiger partial charge is 0.224 e. The average molecular weight is 230 g/mol. The van der Waals surface area contributed by atoms with E-state index >= 15 is 0 Å². The topological polar surface area (TPSA) is 18.5 Å². The maximum absolute atomic E-state index is 5.79. The van der Waals surface area contributed by atoms with Gasteiger partial charge < -0.3 is 9.47 Å². The van der Waals surface area contributed by atoms with Gasteiger partial charge in [0.05, 0.1) is 11.2 Å². The van der Waals surface area contributed by atoms with Crippen LogP contribution in [0.2, 0.25) is 0 Å². The summed E-state index contributed by atoms with van der Waals surface area (Å²) in [7, 11) is 0. The summed E-state index contributed by atoms with van der Waals surface area (Å²) in [5.74, 6) is 6.08. The van der Waals surface area contributed by atoms with Gasteiger partial charge in [-0.3, -0.25) is 0 Å². The fourth-order valence-electron chi connectivity index (χ4n) is 1.57. The lowest BCUT2D eigenvalue weighted by molar-refractivity contribution is -0.0434. The standard InChI is InChI=1S/C15H18O2/c1-14(2)15(3,4)17-13(16-14)11-10-12-8-6-5-7-9-12/h5-9,13H,1-4H3. The Morgan fingerprint density at radius 1 is 0.941 bits per heavy atom. The highest BCUT2D eigenvalue weighted by molar-refractivity contribution is 5.34. The second-order valence-electron chi connectivity index (χ2n) is 5.22. The molecule has 90 valence electrons. The lowest BCUT2D eigenvalue weighted by Crippen LogP contribution is -2.41. The Morgan fingerprint density at radius 3 is 2.00 bits per heavy atom. The summed E-state index contributed by atoms with van der Waals surface area (Å²) >= 11 is 0. The van der Waals surface area contributed by atoms with Crippen molar-refractivity contribution < 1.29 is 9.47 Å². The van der Waals surface area contributed by atoms with Gasteiger partial charge in [0.25, 0.3) is 0 Å². The van der Waals surface area contributed by atoms with Crippen molar-refractivity contribution in [2.24, 2.45) is 0 Å². The van der Waals surface area contributed by atoms with Crippen molar-refractivity contribution in [1.82, 2.24) is 0 Å². The van der Waals surface area contributed by atoms with Gasteiger partial charge in [-0.25, -0.2) is 0 Å². The fraction of sp³-hybridized carbons (Fsp3) is 0.467. The maximum atomic E-state index is 5.79. The second kappa shape index (κ2) is 4.18. The molecule has 1 aromatic carbocycles. The van der Waals surface area contributed by atoms with Crippen molar-refractivity contribution in [3.63, 3.8) is 0 Å². The minimum atomic E-state index is -0.444. The summed E-state index contributed by atoms with van der Waals surface area (Å²) < 4.78 is 11.6. The van der Waals surface area contributed by atoms with Crippen molar-refractivity contribution in [1.29, 1.82) is 0 Å². The summed E-state index contributed by atoms with van der Waals surface area (Å²) in [4.78, 5) is 0. The van der Waals surface area contributed by atoms with Crippen molar-refractivity contribution in [2.75, 3.05) is 0 Å². The van der Waals surface area contributed by atoms with Crippen LogP contribution < -0.4 is 0 Å². The van der Waals surface area contributed by atoms with E-state index in [1.165, 1.54) is 0 Å². The first kappa shape index (κ1) is 12.2. The summed E-state index contributed by atoms with van der Waals surface area (Å²) in [6, 6.07) is 9.85. The summed E-state index contributed by atoms with van der Waals surface area (Å²) in [5.41, 5.74) is 0.341. The van der Waals surface area contributed by atoms with Crippen LogP contribution in [0, 0.1) is 11.8 Å². The molecular formula is C15H18O2. The Hall–Kier alpha value is -1.30. The van der Waals surface area contributed by atoms with Gasteiger partial charge >= 0.3 is 0 Å². The Morgan fingerprint density at radius 2 is 1.47 bits per heavy atom. The van der Waals surface area contributed by atoms with Gasteiger partial charge in [-0.1, -0.05) is 24.1 Å². The summed E-state index contributed by atoms with van der Waals surface area (Å²) in [5, 5.41) is 0. The van der Waals surface area contributed by atoms with Crippen LogP contribution in [0.4, 0.5) is 0 Å². The first-order valence-corrected chi connectivity index (χ1v) is 5.83. The normalized spacial score (nSPS) is 21.9. The van der Waals surface area contributed by atoms with Crippen LogP contribution in [-0.4, -0.2) is 17.5 Å². The van der Waals surface area contributed by atoms with E-state index in [2.05, 4.69) is 11.8 Å². The molecule has 0 atom stereocenters. The third-order valence-corrected chi connectivity index (χ3v) is 3.36. The number of benzene rings is 1. The van der Waals surface area contributed by atoms with Gasteiger partial charge in [0.2, 0.25) is 6.29 Å². The van der Waals surface area contributed by atoms with E-state index < -0.39 is 6.29 Å². The minimum Gasteiger partial charge on any atom is -0.333 e. The van der Waals surface area contributed by atoms with Gasteiger partial charge in [-0.15, -0.1) is 0 Å². The van der Waals surface area contributed by atoms with E-state index in [0.717, 1.165) is 5.56 Å². The molecule has 0 spiro atoms. The fourth-order valence-corrected chi connectivity index (χ4v) is 1.57. The van der Waals surface area contributed by atoms with Crippen LogP contribution in [0.3, 0.4) is 0 Å². The van der Waals surface area contributed by atoms with E-state index in [4.69, 9.17) is 9.47 Å².